The number of benzene rings is 2. The molecule has 2 aromatic carbocycles. The second-order valence-electron chi connectivity index (χ2n) is 6.99. The van der Waals surface area contributed by atoms with E-state index in [9.17, 15) is 39.5 Å². The van der Waals surface area contributed by atoms with Gasteiger partial charge in [0.05, 0.1) is 11.1 Å². The molecular formula is C22H9F9S2. The molecular weight excluding hydrogens is 499 g/mol. The predicted octanol–water partition coefficient (Wildman–Crippen LogP) is 8.68. The zero-order chi connectivity index (χ0) is 24.4. The summed E-state index contributed by atoms with van der Waals surface area (Å²) in [5.74, 6) is -16.7. The van der Waals surface area contributed by atoms with Gasteiger partial charge >= 0.3 is 0 Å². The van der Waals surface area contributed by atoms with E-state index < -0.39 is 69.0 Å². The molecule has 172 valence electrons. The Balaban J connectivity index is 1.84. The molecule has 0 fully saturated rings. The summed E-state index contributed by atoms with van der Waals surface area (Å²) in [5, 5.41) is 0. The Bertz CT molecular complexity index is 1370. The molecule has 4 aromatic rings. The van der Waals surface area contributed by atoms with Crippen LogP contribution in [0.4, 0.5) is 39.5 Å². The molecule has 0 bridgehead atoms. The largest absolute Gasteiger partial charge is 0.203 e. The third-order valence-electron chi connectivity index (χ3n) is 4.93. The first kappa shape index (κ1) is 23.4. The van der Waals surface area contributed by atoms with Gasteiger partial charge in [-0.1, -0.05) is 0 Å². The first-order valence-corrected chi connectivity index (χ1v) is 10.6. The summed E-state index contributed by atoms with van der Waals surface area (Å²) in [6.07, 6.45) is 0. The average Bonchev–Trinajstić information content (AvgIpc) is 3.40. The van der Waals surface area contributed by atoms with Gasteiger partial charge in [0.25, 0.3) is 0 Å². The molecule has 0 unspecified atom stereocenters. The second-order valence-corrected chi connectivity index (χ2v) is 9.12. The molecule has 2 heterocycles. The summed E-state index contributed by atoms with van der Waals surface area (Å²) >= 11 is 1.41. The number of halogens is 9. The zero-order valence-electron chi connectivity index (χ0n) is 16.5. The minimum Gasteiger partial charge on any atom is -0.203 e. The van der Waals surface area contributed by atoms with E-state index in [1.807, 2.05) is 0 Å². The molecule has 2 aromatic heterocycles. The Morgan fingerprint density at radius 1 is 0.485 bits per heavy atom. The molecule has 0 saturated heterocycles. The SMILES string of the molecule is Cc1cc(-c2c(F)c(F)c(F)c(F)c2F)sc1-c1ccc(-c2c(F)c(F)c(C)c(F)c2F)s1. The lowest BCUT2D eigenvalue weighted by atomic mass is 10.1. The van der Waals surface area contributed by atoms with E-state index in [4.69, 9.17) is 0 Å². The van der Waals surface area contributed by atoms with Crippen molar-refractivity contribution in [3.05, 3.63) is 81.7 Å². The van der Waals surface area contributed by atoms with Gasteiger partial charge in [-0.15, -0.1) is 22.7 Å². The molecule has 0 aliphatic carbocycles. The molecule has 0 amide bonds. The first-order chi connectivity index (χ1) is 15.5. The van der Waals surface area contributed by atoms with Crippen molar-refractivity contribution in [3.8, 4) is 30.6 Å². The normalized spacial score (nSPS) is 11.5. The Labute approximate surface area is 188 Å². The minimum atomic E-state index is -2.29. The van der Waals surface area contributed by atoms with Gasteiger partial charge in [0, 0.05) is 25.1 Å². The molecule has 0 aliphatic rings. The van der Waals surface area contributed by atoms with Gasteiger partial charge in [0.1, 0.15) is 0 Å². The fourth-order valence-electron chi connectivity index (χ4n) is 3.22. The van der Waals surface area contributed by atoms with E-state index in [0.717, 1.165) is 18.3 Å². The first-order valence-electron chi connectivity index (χ1n) is 9.01. The van der Waals surface area contributed by atoms with Crippen LogP contribution in [0.25, 0.3) is 30.6 Å². The zero-order valence-corrected chi connectivity index (χ0v) is 18.1. The van der Waals surface area contributed by atoms with E-state index in [-0.39, 0.29) is 9.75 Å². The van der Waals surface area contributed by atoms with Gasteiger partial charge in [-0.25, -0.2) is 39.5 Å². The highest BCUT2D eigenvalue weighted by atomic mass is 32.1. The lowest BCUT2D eigenvalue weighted by Crippen LogP contribution is -2.03. The number of aryl methyl sites for hydroxylation is 1. The van der Waals surface area contributed by atoms with Crippen molar-refractivity contribution in [2.45, 2.75) is 13.8 Å². The van der Waals surface area contributed by atoms with Crippen molar-refractivity contribution in [1.82, 2.24) is 0 Å². The molecule has 0 atom stereocenters. The number of hydrogen-bond acceptors (Lipinski definition) is 2. The van der Waals surface area contributed by atoms with E-state index in [2.05, 4.69) is 0 Å². The van der Waals surface area contributed by atoms with Gasteiger partial charge in [0.2, 0.25) is 5.82 Å². The fourth-order valence-corrected chi connectivity index (χ4v) is 5.64. The number of rotatable bonds is 3. The Kier molecular flexibility index (Phi) is 5.81. The molecule has 0 saturated carbocycles. The Morgan fingerprint density at radius 3 is 1.45 bits per heavy atom. The lowest BCUT2D eigenvalue weighted by Gasteiger charge is -2.08. The van der Waals surface area contributed by atoms with E-state index >= 15 is 0 Å². The van der Waals surface area contributed by atoms with Crippen molar-refractivity contribution >= 4 is 22.7 Å². The highest BCUT2D eigenvalue weighted by Crippen LogP contribution is 2.45. The van der Waals surface area contributed by atoms with Crippen LogP contribution in [0.3, 0.4) is 0 Å². The standard InChI is InChI=1S/C22H9F9S2/c1-6-5-10(12-17(27)19(29)21(31)20(30)18(12)28)33-22(6)9-4-3-8(32-9)11-15(25)13(23)7(2)14(24)16(11)26/h3-5H,1-2H3. The molecule has 0 N–H and O–H groups in total. The van der Waals surface area contributed by atoms with Crippen molar-refractivity contribution < 1.29 is 39.5 Å². The summed E-state index contributed by atoms with van der Waals surface area (Å²) in [7, 11) is 0. The van der Waals surface area contributed by atoms with Gasteiger partial charge in [-0.2, -0.15) is 0 Å². The number of hydrogen-bond donors (Lipinski definition) is 0. The van der Waals surface area contributed by atoms with Crippen LogP contribution in [0.1, 0.15) is 11.1 Å². The smallest absolute Gasteiger partial charge is 0.200 e. The third kappa shape index (κ3) is 3.54. The quantitative estimate of drug-likeness (QED) is 0.148. The van der Waals surface area contributed by atoms with Crippen molar-refractivity contribution in [2.24, 2.45) is 0 Å². The molecule has 0 nitrogen and oxygen atoms in total. The molecule has 0 radical (unpaired) electrons. The maximum Gasteiger partial charge on any atom is 0.200 e. The van der Waals surface area contributed by atoms with Crippen molar-refractivity contribution in [3.63, 3.8) is 0 Å². The van der Waals surface area contributed by atoms with Gasteiger partial charge in [-0.3, -0.25) is 0 Å². The lowest BCUT2D eigenvalue weighted by molar-refractivity contribution is 0.381. The van der Waals surface area contributed by atoms with Gasteiger partial charge in [0.15, 0.2) is 46.5 Å². The van der Waals surface area contributed by atoms with Crippen molar-refractivity contribution in [2.75, 3.05) is 0 Å². The fraction of sp³-hybridized carbons (Fsp3) is 0.0909. The van der Waals surface area contributed by atoms with Crippen LogP contribution in [0, 0.1) is 66.2 Å². The summed E-state index contributed by atoms with van der Waals surface area (Å²) < 4.78 is 125. The molecule has 0 spiro atoms. The molecule has 0 aliphatic heterocycles. The topological polar surface area (TPSA) is 0 Å². The van der Waals surface area contributed by atoms with Crippen molar-refractivity contribution in [1.29, 1.82) is 0 Å². The average molecular weight is 508 g/mol. The highest BCUT2D eigenvalue weighted by molar-refractivity contribution is 7.25. The highest BCUT2D eigenvalue weighted by Gasteiger charge is 2.29. The molecule has 11 heteroatoms. The van der Waals surface area contributed by atoms with Gasteiger partial charge in [-0.05, 0) is 37.6 Å². The van der Waals surface area contributed by atoms with Gasteiger partial charge < -0.3 is 0 Å². The minimum absolute atomic E-state index is 0.164. The maximum absolute atomic E-state index is 14.3. The van der Waals surface area contributed by atoms with E-state index in [1.165, 1.54) is 25.1 Å². The third-order valence-corrected chi connectivity index (χ3v) is 7.47. The van der Waals surface area contributed by atoms with E-state index in [1.54, 1.807) is 0 Å². The summed E-state index contributed by atoms with van der Waals surface area (Å²) in [4.78, 5) is 0.167. The van der Waals surface area contributed by atoms with Crippen LogP contribution in [-0.2, 0) is 0 Å². The van der Waals surface area contributed by atoms with E-state index in [0.29, 0.717) is 26.7 Å². The maximum atomic E-state index is 14.3. The van der Waals surface area contributed by atoms with Crippen LogP contribution >= 0.6 is 22.7 Å². The number of thiophene rings is 2. The summed E-state index contributed by atoms with van der Waals surface area (Å²) in [6, 6.07) is 3.76. The van der Waals surface area contributed by atoms with Crippen LogP contribution < -0.4 is 0 Å². The predicted molar refractivity (Wildman–Crippen MR) is 108 cm³/mol. The Morgan fingerprint density at radius 2 is 0.909 bits per heavy atom. The summed E-state index contributed by atoms with van der Waals surface area (Å²) in [6.45, 7) is 2.38. The second kappa shape index (κ2) is 8.21. The summed E-state index contributed by atoms with van der Waals surface area (Å²) in [5.41, 5.74) is -2.47. The molecule has 4 rings (SSSR count). The molecule has 33 heavy (non-hydrogen) atoms. The monoisotopic (exact) mass is 508 g/mol. The van der Waals surface area contributed by atoms with Crippen LogP contribution in [-0.4, -0.2) is 0 Å². The van der Waals surface area contributed by atoms with Crippen LogP contribution in [0.15, 0.2) is 18.2 Å². The Hall–Kier alpha value is -2.79. The van der Waals surface area contributed by atoms with Crippen LogP contribution in [0.2, 0.25) is 0 Å². The van der Waals surface area contributed by atoms with Crippen LogP contribution in [0.5, 0.6) is 0 Å².